The Hall–Kier alpha value is -3.18. The minimum atomic E-state index is -4.23. The minimum Gasteiger partial charge on any atom is -0.497 e. The lowest BCUT2D eigenvalue weighted by molar-refractivity contribution is -0.139. The molecule has 2 aromatic rings. The normalized spacial score (nSPS) is 12.2. The highest BCUT2D eigenvalue weighted by Crippen LogP contribution is 2.24. The summed E-state index contributed by atoms with van der Waals surface area (Å²) >= 11 is 0. The number of anilines is 1. The van der Waals surface area contributed by atoms with Crippen LogP contribution in [0.4, 0.5) is 10.1 Å². The zero-order valence-corrected chi connectivity index (χ0v) is 22.2. The number of carbonyl (C=O) groups is 2. The lowest BCUT2D eigenvalue weighted by atomic mass is 10.1. The number of hydrogen-bond donors (Lipinski definition) is 1. The summed E-state index contributed by atoms with van der Waals surface area (Å²) in [6, 6.07) is 11.4. The molecule has 0 fully saturated rings. The first-order valence-corrected chi connectivity index (χ1v) is 13.1. The van der Waals surface area contributed by atoms with Gasteiger partial charge in [0, 0.05) is 27.2 Å². The summed E-state index contributed by atoms with van der Waals surface area (Å²) in [4.78, 5) is 27.8. The average molecular weight is 523 g/mol. The molecule has 11 heteroatoms. The number of ether oxygens (including phenoxy) is 1. The number of unbranched alkanes of at least 4 members (excludes halogenated alkanes) is 1. The van der Waals surface area contributed by atoms with Crippen LogP contribution in [0.5, 0.6) is 5.75 Å². The number of rotatable bonds is 13. The van der Waals surface area contributed by atoms with E-state index in [9.17, 15) is 22.4 Å². The Bertz CT molecular complexity index is 1140. The van der Waals surface area contributed by atoms with Gasteiger partial charge in [0.2, 0.25) is 11.8 Å². The van der Waals surface area contributed by atoms with E-state index in [4.69, 9.17) is 4.74 Å². The van der Waals surface area contributed by atoms with Crippen LogP contribution in [0, 0.1) is 5.82 Å². The fraction of sp³-hybridized carbons (Fsp3) is 0.440. The summed E-state index contributed by atoms with van der Waals surface area (Å²) in [5.41, 5.74) is 0.421. The van der Waals surface area contributed by atoms with Gasteiger partial charge in [0.15, 0.2) is 0 Å². The summed E-state index contributed by atoms with van der Waals surface area (Å²) in [6.07, 6.45) is 1.67. The first kappa shape index (κ1) is 29.1. The topological polar surface area (TPSA) is 99.3 Å². The van der Waals surface area contributed by atoms with Crippen molar-refractivity contribution in [1.29, 1.82) is 0 Å². The molecule has 1 N–H and O–H groups in total. The second-order valence-corrected chi connectivity index (χ2v) is 10.5. The largest absolute Gasteiger partial charge is 0.497 e. The van der Waals surface area contributed by atoms with Crippen molar-refractivity contribution in [1.82, 2.24) is 14.5 Å². The van der Waals surface area contributed by atoms with Gasteiger partial charge in [0.05, 0.1) is 12.8 Å². The van der Waals surface area contributed by atoms with Gasteiger partial charge in [-0.25, -0.2) is 8.70 Å². The lowest BCUT2D eigenvalue weighted by Gasteiger charge is -2.33. The summed E-state index contributed by atoms with van der Waals surface area (Å²) in [5.74, 6) is -1.25. The van der Waals surface area contributed by atoms with Gasteiger partial charge in [-0.2, -0.15) is 12.7 Å². The molecule has 0 bridgehead atoms. The highest BCUT2D eigenvalue weighted by Gasteiger charge is 2.33. The van der Waals surface area contributed by atoms with E-state index in [2.05, 4.69) is 5.32 Å². The van der Waals surface area contributed by atoms with E-state index in [1.165, 1.54) is 44.3 Å². The van der Waals surface area contributed by atoms with Gasteiger partial charge in [-0.3, -0.25) is 9.59 Å². The molecule has 2 amide bonds. The molecule has 0 spiro atoms. The molecular weight excluding hydrogens is 487 g/mol. The van der Waals surface area contributed by atoms with E-state index >= 15 is 0 Å². The molecule has 0 aliphatic carbocycles. The van der Waals surface area contributed by atoms with Gasteiger partial charge in [-0.1, -0.05) is 37.6 Å². The van der Waals surface area contributed by atoms with Crippen molar-refractivity contribution in [3.63, 3.8) is 0 Å². The number of methoxy groups -OCH3 is 1. The third kappa shape index (κ3) is 7.41. The fourth-order valence-corrected chi connectivity index (χ4v) is 4.51. The Morgan fingerprint density at radius 2 is 1.81 bits per heavy atom. The van der Waals surface area contributed by atoms with Gasteiger partial charge in [0.25, 0.3) is 0 Å². The number of nitrogens with zero attached hydrogens (tertiary/aromatic N) is 3. The Morgan fingerprint density at radius 1 is 1.11 bits per heavy atom. The zero-order valence-electron chi connectivity index (χ0n) is 21.4. The first-order chi connectivity index (χ1) is 17.0. The Labute approximate surface area is 213 Å². The molecular formula is C25H35FN4O5S. The van der Waals surface area contributed by atoms with E-state index in [-0.39, 0.29) is 18.1 Å². The van der Waals surface area contributed by atoms with Crippen LogP contribution in [0.15, 0.2) is 48.5 Å². The Kier molecular flexibility index (Phi) is 10.7. The molecule has 0 aliphatic heterocycles. The molecule has 9 nitrogen and oxygen atoms in total. The van der Waals surface area contributed by atoms with E-state index in [1.54, 1.807) is 31.2 Å². The predicted molar refractivity (Wildman–Crippen MR) is 137 cm³/mol. The molecule has 198 valence electrons. The van der Waals surface area contributed by atoms with Crippen LogP contribution < -0.4 is 14.4 Å². The van der Waals surface area contributed by atoms with Crippen LogP contribution in [0.25, 0.3) is 0 Å². The maximum Gasteiger partial charge on any atom is 0.304 e. The highest BCUT2D eigenvalue weighted by molar-refractivity contribution is 7.90. The first-order valence-electron chi connectivity index (χ1n) is 11.7. The van der Waals surface area contributed by atoms with Crippen molar-refractivity contribution in [2.24, 2.45) is 0 Å². The molecule has 1 atom stereocenters. The standard InChI is InChI=1S/C25H35FN4O5S/c1-6-7-15-27-25(32)19(2)29(17-20-11-10-12-21(16-20)35-5)24(31)18-30(36(33,34)28(3)4)23-14-9-8-13-22(23)26/h8-14,16,19H,6-7,15,17-18H2,1-5H3,(H,27,32). The number of para-hydroxylation sites is 1. The average Bonchev–Trinajstić information content (AvgIpc) is 2.85. The molecule has 0 radical (unpaired) electrons. The molecule has 0 heterocycles. The number of hydrogen-bond acceptors (Lipinski definition) is 5. The summed E-state index contributed by atoms with van der Waals surface area (Å²) in [6.45, 7) is 3.35. The second kappa shape index (κ2) is 13.2. The number of carbonyl (C=O) groups excluding carboxylic acids is 2. The monoisotopic (exact) mass is 522 g/mol. The Balaban J connectivity index is 2.44. The number of benzene rings is 2. The summed E-state index contributed by atoms with van der Waals surface area (Å²) in [7, 11) is -0.119. The van der Waals surface area contributed by atoms with Crippen molar-refractivity contribution in [2.45, 2.75) is 39.3 Å². The molecule has 0 aliphatic rings. The smallest absolute Gasteiger partial charge is 0.304 e. The predicted octanol–water partition coefficient (Wildman–Crippen LogP) is 2.78. The van der Waals surface area contributed by atoms with Gasteiger partial charge in [0.1, 0.15) is 24.2 Å². The van der Waals surface area contributed by atoms with Crippen LogP contribution in [0.2, 0.25) is 0 Å². The van der Waals surface area contributed by atoms with Gasteiger partial charge in [-0.05, 0) is 43.2 Å². The van der Waals surface area contributed by atoms with Crippen molar-refractivity contribution < 1.29 is 27.1 Å². The quantitative estimate of drug-likeness (QED) is 0.408. The van der Waals surface area contributed by atoms with Gasteiger partial charge >= 0.3 is 10.2 Å². The van der Waals surface area contributed by atoms with Crippen LogP contribution in [0.1, 0.15) is 32.3 Å². The molecule has 0 saturated heterocycles. The SMILES string of the molecule is CCCCNC(=O)C(C)N(Cc1cccc(OC)c1)C(=O)CN(c1ccccc1F)S(=O)(=O)N(C)C. The van der Waals surface area contributed by atoms with E-state index in [0.29, 0.717) is 22.2 Å². The van der Waals surface area contributed by atoms with Crippen LogP contribution in [0.3, 0.4) is 0 Å². The van der Waals surface area contributed by atoms with E-state index in [1.807, 2.05) is 6.92 Å². The van der Waals surface area contributed by atoms with Gasteiger partial charge in [-0.15, -0.1) is 0 Å². The van der Waals surface area contributed by atoms with E-state index < -0.39 is 34.5 Å². The van der Waals surface area contributed by atoms with Crippen LogP contribution in [-0.4, -0.2) is 69.8 Å². The fourth-order valence-electron chi connectivity index (χ4n) is 3.44. The molecule has 36 heavy (non-hydrogen) atoms. The molecule has 1 unspecified atom stereocenters. The highest BCUT2D eigenvalue weighted by atomic mass is 32.2. The van der Waals surface area contributed by atoms with Crippen molar-refractivity contribution in [2.75, 3.05) is 38.6 Å². The maximum absolute atomic E-state index is 14.6. The zero-order chi connectivity index (χ0) is 26.9. The van der Waals surface area contributed by atoms with Crippen molar-refractivity contribution >= 4 is 27.7 Å². The summed E-state index contributed by atoms with van der Waals surface area (Å²) in [5, 5.41) is 2.81. The molecule has 2 rings (SSSR count). The molecule has 2 aromatic carbocycles. The molecule has 0 aromatic heterocycles. The van der Waals surface area contributed by atoms with Crippen molar-refractivity contribution in [3.05, 3.63) is 59.9 Å². The number of halogens is 1. The summed E-state index contributed by atoms with van der Waals surface area (Å²) < 4.78 is 47.7. The lowest BCUT2D eigenvalue weighted by Crippen LogP contribution is -2.52. The van der Waals surface area contributed by atoms with Crippen LogP contribution in [-0.2, 0) is 26.3 Å². The maximum atomic E-state index is 14.6. The van der Waals surface area contributed by atoms with E-state index in [0.717, 1.165) is 23.2 Å². The number of nitrogens with one attached hydrogen (secondary N) is 1. The molecule has 0 saturated carbocycles. The van der Waals surface area contributed by atoms with Crippen molar-refractivity contribution in [3.8, 4) is 5.75 Å². The third-order valence-corrected chi connectivity index (χ3v) is 7.43. The Morgan fingerprint density at radius 3 is 2.42 bits per heavy atom. The number of amides is 2. The van der Waals surface area contributed by atoms with Crippen LogP contribution >= 0.6 is 0 Å². The second-order valence-electron chi connectivity index (χ2n) is 8.44. The minimum absolute atomic E-state index is 0.0194. The van der Waals surface area contributed by atoms with Gasteiger partial charge < -0.3 is 15.0 Å². The third-order valence-electron chi connectivity index (χ3n) is 5.62.